The molecule has 0 saturated carbocycles. The number of carbonyl (C=O) groups excluding carboxylic acids is 1. The van der Waals surface area contributed by atoms with Crippen molar-refractivity contribution in [1.29, 1.82) is 0 Å². The molecule has 0 saturated heterocycles. The molecule has 0 aliphatic rings. The Balaban J connectivity index is 2.40. The van der Waals surface area contributed by atoms with Crippen molar-refractivity contribution in [3.8, 4) is 0 Å². The number of para-hydroxylation sites is 1. The van der Waals surface area contributed by atoms with Crippen molar-refractivity contribution in [3.05, 3.63) is 29.3 Å². The number of hydrogen-bond donors (Lipinski definition) is 2. The highest BCUT2D eigenvalue weighted by Crippen LogP contribution is 2.19. The van der Waals surface area contributed by atoms with Gasteiger partial charge in [-0.2, -0.15) is 0 Å². The van der Waals surface area contributed by atoms with Crippen molar-refractivity contribution in [2.24, 2.45) is 0 Å². The normalized spacial score (nSPS) is 11.9. The first kappa shape index (κ1) is 12.8. The molecule has 1 rings (SSSR count). The first-order chi connectivity index (χ1) is 7.63. The van der Waals surface area contributed by atoms with Crippen LogP contribution in [0.2, 0.25) is 5.02 Å². The minimum Gasteiger partial charge on any atom is -0.375 e. The molecule has 4 heteroatoms. The van der Waals surface area contributed by atoms with E-state index in [-0.39, 0.29) is 18.5 Å². The fourth-order valence-electron chi connectivity index (χ4n) is 1.21. The summed E-state index contributed by atoms with van der Waals surface area (Å²) >= 11 is 5.95. The van der Waals surface area contributed by atoms with Crippen molar-refractivity contribution in [2.45, 2.75) is 26.3 Å². The summed E-state index contributed by atoms with van der Waals surface area (Å²) in [5.74, 6) is -0.0192. The van der Waals surface area contributed by atoms with Gasteiger partial charge in [0, 0.05) is 6.04 Å². The van der Waals surface area contributed by atoms with Crippen molar-refractivity contribution < 1.29 is 4.79 Å². The van der Waals surface area contributed by atoms with Gasteiger partial charge in [0.15, 0.2) is 0 Å². The van der Waals surface area contributed by atoms with Crippen LogP contribution in [0.25, 0.3) is 0 Å². The molecule has 1 aromatic rings. The van der Waals surface area contributed by atoms with Gasteiger partial charge in [0.05, 0.1) is 17.3 Å². The lowest BCUT2D eigenvalue weighted by Crippen LogP contribution is -2.36. The van der Waals surface area contributed by atoms with E-state index in [0.717, 1.165) is 12.1 Å². The second-order valence-corrected chi connectivity index (χ2v) is 4.12. The molecule has 1 atom stereocenters. The number of anilines is 1. The van der Waals surface area contributed by atoms with Crippen LogP contribution in [-0.4, -0.2) is 18.5 Å². The fraction of sp³-hybridized carbons (Fsp3) is 0.417. The number of carbonyl (C=O) groups is 1. The quantitative estimate of drug-likeness (QED) is 0.831. The molecule has 0 aliphatic carbocycles. The van der Waals surface area contributed by atoms with Crippen molar-refractivity contribution >= 4 is 23.2 Å². The van der Waals surface area contributed by atoms with E-state index >= 15 is 0 Å². The van der Waals surface area contributed by atoms with Crippen molar-refractivity contribution in [1.82, 2.24) is 5.32 Å². The zero-order chi connectivity index (χ0) is 12.0. The molecule has 2 N–H and O–H groups in total. The average molecular weight is 241 g/mol. The Labute approximate surface area is 101 Å². The molecular formula is C12H17ClN2O. The third-order valence-electron chi connectivity index (χ3n) is 2.33. The molecule has 16 heavy (non-hydrogen) atoms. The molecule has 0 radical (unpaired) electrons. The molecule has 0 spiro atoms. The summed E-state index contributed by atoms with van der Waals surface area (Å²) in [7, 11) is 0. The largest absolute Gasteiger partial charge is 0.375 e. The van der Waals surface area contributed by atoms with E-state index in [1.807, 2.05) is 32.0 Å². The molecular weight excluding hydrogens is 224 g/mol. The van der Waals surface area contributed by atoms with Gasteiger partial charge in [0.2, 0.25) is 5.91 Å². The van der Waals surface area contributed by atoms with Gasteiger partial charge in [-0.15, -0.1) is 0 Å². The summed E-state index contributed by atoms with van der Waals surface area (Å²) in [5, 5.41) is 6.50. The van der Waals surface area contributed by atoms with E-state index in [0.29, 0.717) is 5.02 Å². The molecule has 0 fully saturated rings. The van der Waals surface area contributed by atoms with Gasteiger partial charge >= 0.3 is 0 Å². The number of amides is 1. The van der Waals surface area contributed by atoms with E-state index in [1.165, 1.54) is 0 Å². The number of nitrogens with one attached hydrogen (secondary N) is 2. The van der Waals surface area contributed by atoms with Gasteiger partial charge in [0.25, 0.3) is 0 Å². The molecule has 3 nitrogen and oxygen atoms in total. The number of rotatable bonds is 5. The summed E-state index contributed by atoms with van der Waals surface area (Å²) in [4.78, 5) is 11.5. The third-order valence-corrected chi connectivity index (χ3v) is 2.66. The summed E-state index contributed by atoms with van der Waals surface area (Å²) in [6, 6.07) is 7.57. The minimum atomic E-state index is -0.0192. The maximum atomic E-state index is 11.5. The molecule has 1 amide bonds. The maximum Gasteiger partial charge on any atom is 0.239 e. The Morgan fingerprint density at radius 2 is 2.12 bits per heavy atom. The van der Waals surface area contributed by atoms with E-state index in [4.69, 9.17) is 11.6 Å². The molecule has 0 bridgehead atoms. The monoisotopic (exact) mass is 240 g/mol. The van der Waals surface area contributed by atoms with Crippen molar-refractivity contribution in [2.75, 3.05) is 11.9 Å². The van der Waals surface area contributed by atoms with Crippen LogP contribution in [0, 0.1) is 0 Å². The number of halogens is 1. The Bertz CT molecular complexity index is 355. The second kappa shape index (κ2) is 6.38. The topological polar surface area (TPSA) is 41.1 Å². The van der Waals surface area contributed by atoms with Crippen LogP contribution in [0.5, 0.6) is 0 Å². The molecule has 0 heterocycles. The first-order valence-electron chi connectivity index (χ1n) is 5.41. The van der Waals surface area contributed by atoms with E-state index in [1.54, 1.807) is 6.07 Å². The minimum absolute atomic E-state index is 0.0192. The standard InChI is InChI=1S/C12H17ClN2O/c1-3-9(2)15-12(16)8-14-11-7-5-4-6-10(11)13/h4-7,9,14H,3,8H2,1-2H3,(H,15,16). The van der Waals surface area contributed by atoms with Gasteiger partial charge < -0.3 is 10.6 Å². The highest BCUT2D eigenvalue weighted by molar-refractivity contribution is 6.33. The van der Waals surface area contributed by atoms with Crippen LogP contribution in [0.1, 0.15) is 20.3 Å². The van der Waals surface area contributed by atoms with E-state index in [9.17, 15) is 4.79 Å². The predicted octanol–water partition coefficient (Wildman–Crippen LogP) is 2.67. The highest BCUT2D eigenvalue weighted by Gasteiger charge is 2.05. The molecule has 1 unspecified atom stereocenters. The van der Waals surface area contributed by atoms with E-state index in [2.05, 4.69) is 10.6 Å². The Morgan fingerprint density at radius 3 is 2.75 bits per heavy atom. The van der Waals surface area contributed by atoms with Crippen LogP contribution >= 0.6 is 11.6 Å². The molecule has 0 aliphatic heterocycles. The smallest absolute Gasteiger partial charge is 0.239 e. The third kappa shape index (κ3) is 4.11. The van der Waals surface area contributed by atoms with Crippen molar-refractivity contribution in [3.63, 3.8) is 0 Å². The summed E-state index contributed by atoms with van der Waals surface area (Å²) in [5.41, 5.74) is 0.781. The SMILES string of the molecule is CCC(C)NC(=O)CNc1ccccc1Cl. The van der Waals surface area contributed by atoms with E-state index < -0.39 is 0 Å². The highest BCUT2D eigenvalue weighted by atomic mass is 35.5. The lowest BCUT2D eigenvalue weighted by atomic mass is 10.2. The van der Waals surface area contributed by atoms with Crippen LogP contribution in [0.4, 0.5) is 5.69 Å². The van der Waals surface area contributed by atoms with Crippen LogP contribution in [0.15, 0.2) is 24.3 Å². The van der Waals surface area contributed by atoms with Crippen LogP contribution in [0.3, 0.4) is 0 Å². The first-order valence-corrected chi connectivity index (χ1v) is 5.79. The van der Waals surface area contributed by atoms with Gasteiger partial charge in [-0.3, -0.25) is 4.79 Å². The molecule has 1 aromatic carbocycles. The Hall–Kier alpha value is -1.22. The Kier molecular flexibility index (Phi) is 5.12. The lowest BCUT2D eigenvalue weighted by Gasteiger charge is -2.12. The zero-order valence-corrected chi connectivity index (χ0v) is 10.3. The summed E-state index contributed by atoms with van der Waals surface area (Å²) in [6.07, 6.45) is 0.928. The molecule has 88 valence electrons. The number of benzene rings is 1. The number of hydrogen-bond acceptors (Lipinski definition) is 2. The summed E-state index contributed by atoms with van der Waals surface area (Å²) < 4.78 is 0. The van der Waals surface area contributed by atoms with Gasteiger partial charge in [-0.1, -0.05) is 30.7 Å². The van der Waals surface area contributed by atoms with Gasteiger partial charge in [0.1, 0.15) is 0 Å². The summed E-state index contributed by atoms with van der Waals surface area (Å²) in [6.45, 7) is 4.26. The fourth-order valence-corrected chi connectivity index (χ4v) is 1.41. The second-order valence-electron chi connectivity index (χ2n) is 3.71. The zero-order valence-electron chi connectivity index (χ0n) is 9.59. The Morgan fingerprint density at radius 1 is 1.44 bits per heavy atom. The van der Waals surface area contributed by atoms with Gasteiger partial charge in [-0.05, 0) is 25.5 Å². The van der Waals surface area contributed by atoms with Crippen LogP contribution < -0.4 is 10.6 Å². The maximum absolute atomic E-state index is 11.5. The molecule has 0 aromatic heterocycles. The van der Waals surface area contributed by atoms with Crippen LogP contribution in [-0.2, 0) is 4.79 Å². The lowest BCUT2D eigenvalue weighted by molar-refractivity contribution is -0.120. The van der Waals surface area contributed by atoms with Gasteiger partial charge in [-0.25, -0.2) is 0 Å². The average Bonchev–Trinajstić information content (AvgIpc) is 2.28. The predicted molar refractivity (Wildman–Crippen MR) is 67.8 cm³/mol.